The van der Waals surface area contributed by atoms with Crippen molar-refractivity contribution in [2.24, 2.45) is 5.92 Å². The van der Waals surface area contributed by atoms with E-state index in [4.69, 9.17) is 4.42 Å². The molecule has 36 heavy (non-hydrogen) atoms. The summed E-state index contributed by atoms with van der Waals surface area (Å²) >= 11 is 0. The van der Waals surface area contributed by atoms with E-state index in [1.54, 1.807) is 48.5 Å². The van der Waals surface area contributed by atoms with E-state index in [1.165, 1.54) is 23.1 Å². The fourth-order valence-corrected chi connectivity index (χ4v) is 4.06. The minimum atomic E-state index is -0.472. The molecule has 0 bridgehead atoms. The van der Waals surface area contributed by atoms with Crippen LogP contribution in [0.15, 0.2) is 75.9 Å². The smallest absolute Gasteiger partial charge is 0.347 e. The number of fused-ring (bicyclic) bond motifs is 2. The maximum atomic E-state index is 12.9. The maximum Gasteiger partial charge on any atom is 0.347 e. The first-order valence-electron chi connectivity index (χ1n) is 11.6. The van der Waals surface area contributed by atoms with Gasteiger partial charge in [0.15, 0.2) is 0 Å². The molecule has 8 heteroatoms. The average molecular weight is 482 g/mol. The molecule has 4 aromatic rings. The molecular formula is C28H23N3O5. The van der Waals surface area contributed by atoms with Gasteiger partial charge in [-0.25, -0.2) is 9.78 Å². The van der Waals surface area contributed by atoms with Gasteiger partial charge in [0.2, 0.25) is 5.89 Å². The molecule has 1 N–H and O–H groups in total. The lowest BCUT2D eigenvalue weighted by Crippen LogP contribution is -2.31. The average Bonchev–Trinajstić information content (AvgIpc) is 3.11. The lowest BCUT2D eigenvalue weighted by molar-refractivity contribution is 0.0647. The summed E-state index contributed by atoms with van der Waals surface area (Å²) in [5.41, 5.74) is 1.98. The fraction of sp³-hybridized carbons (Fsp3) is 0.179. The van der Waals surface area contributed by atoms with Gasteiger partial charge in [0.1, 0.15) is 0 Å². The minimum Gasteiger partial charge on any atom is -0.403 e. The second kappa shape index (κ2) is 9.22. The van der Waals surface area contributed by atoms with Crippen LogP contribution in [0.5, 0.6) is 0 Å². The second-order valence-electron chi connectivity index (χ2n) is 9.06. The van der Waals surface area contributed by atoms with E-state index in [9.17, 15) is 19.2 Å². The summed E-state index contributed by atoms with van der Waals surface area (Å²) in [6.07, 6.45) is 0.715. The van der Waals surface area contributed by atoms with E-state index in [-0.39, 0.29) is 28.8 Å². The molecule has 0 saturated heterocycles. The molecule has 0 spiro atoms. The predicted octanol–water partition coefficient (Wildman–Crippen LogP) is 4.75. The number of carbonyl (C=O) groups is 3. The molecule has 0 fully saturated rings. The number of anilines is 1. The van der Waals surface area contributed by atoms with Crippen molar-refractivity contribution >= 4 is 34.3 Å². The third-order valence-corrected chi connectivity index (χ3v) is 6.09. The molecule has 0 atom stereocenters. The van der Waals surface area contributed by atoms with E-state index in [0.29, 0.717) is 46.6 Å². The summed E-state index contributed by atoms with van der Waals surface area (Å²) in [6.45, 7) is 4.41. The first kappa shape index (κ1) is 23.2. The molecule has 5 rings (SSSR count). The van der Waals surface area contributed by atoms with E-state index in [0.717, 1.165) is 0 Å². The van der Waals surface area contributed by atoms with Crippen LogP contribution in [-0.4, -0.2) is 34.2 Å². The van der Waals surface area contributed by atoms with Gasteiger partial charge in [-0.3, -0.25) is 19.3 Å². The van der Waals surface area contributed by atoms with Crippen LogP contribution in [0, 0.1) is 5.92 Å². The molecule has 0 radical (unpaired) electrons. The summed E-state index contributed by atoms with van der Waals surface area (Å²) in [6, 6.07) is 18.2. The molecule has 8 nitrogen and oxygen atoms in total. The molecule has 1 aromatic heterocycles. The number of aromatic nitrogens is 1. The second-order valence-corrected chi connectivity index (χ2v) is 9.06. The van der Waals surface area contributed by atoms with Crippen LogP contribution < -0.4 is 10.9 Å². The van der Waals surface area contributed by atoms with E-state index < -0.39 is 11.5 Å². The Morgan fingerprint density at radius 3 is 2.42 bits per heavy atom. The van der Waals surface area contributed by atoms with Gasteiger partial charge < -0.3 is 9.73 Å². The third-order valence-electron chi connectivity index (χ3n) is 6.09. The Bertz CT molecular complexity index is 1570. The zero-order valence-corrected chi connectivity index (χ0v) is 19.8. The number of amides is 3. The van der Waals surface area contributed by atoms with Crippen molar-refractivity contribution in [1.82, 2.24) is 9.88 Å². The summed E-state index contributed by atoms with van der Waals surface area (Å²) in [5, 5.41) is 3.19. The first-order chi connectivity index (χ1) is 17.3. The van der Waals surface area contributed by atoms with Gasteiger partial charge in [0.05, 0.1) is 22.0 Å². The van der Waals surface area contributed by atoms with E-state index in [2.05, 4.69) is 10.3 Å². The van der Waals surface area contributed by atoms with Gasteiger partial charge in [-0.15, -0.1) is 0 Å². The minimum absolute atomic E-state index is 0.181. The number of nitrogens with one attached hydrogen (secondary N) is 1. The lowest BCUT2D eigenvalue weighted by atomic mass is 10.1. The molecule has 2 heterocycles. The topological polar surface area (TPSA) is 110 Å². The fourth-order valence-electron chi connectivity index (χ4n) is 4.06. The number of nitrogens with zero attached hydrogens (tertiary/aromatic N) is 2. The van der Waals surface area contributed by atoms with Crippen molar-refractivity contribution in [1.29, 1.82) is 0 Å². The third kappa shape index (κ3) is 4.29. The van der Waals surface area contributed by atoms with Crippen molar-refractivity contribution in [3.63, 3.8) is 0 Å². The largest absolute Gasteiger partial charge is 0.403 e. The Labute approximate surface area is 206 Å². The Kier molecular flexibility index (Phi) is 5.93. The molecule has 1 aliphatic heterocycles. The highest BCUT2D eigenvalue weighted by Crippen LogP contribution is 2.26. The van der Waals surface area contributed by atoms with Gasteiger partial charge in [-0.05, 0) is 66.9 Å². The quantitative estimate of drug-likeness (QED) is 0.398. The van der Waals surface area contributed by atoms with Crippen molar-refractivity contribution < 1.29 is 18.8 Å². The molecular weight excluding hydrogens is 458 g/mol. The normalized spacial score (nSPS) is 12.9. The zero-order valence-electron chi connectivity index (χ0n) is 19.8. The monoisotopic (exact) mass is 481 g/mol. The highest BCUT2D eigenvalue weighted by molar-refractivity contribution is 6.22. The maximum absolute atomic E-state index is 12.9. The van der Waals surface area contributed by atoms with E-state index in [1.807, 2.05) is 13.8 Å². The van der Waals surface area contributed by atoms with Crippen LogP contribution in [0.2, 0.25) is 0 Å². The molecule has 3 aromatic carbocycles. The molecule has 0 unspecified atom stereocenters. The van der Waals surface area contributed by atoms with Gasteiger partial charge in [-0.2, -0.15) is 0 Å². The molecule has 3 amide bonds. The number of carbonyl (C=O) groups excluding carboxylic acids is 3. The van der Waals surface area contributed by atoms with Crippen LogP contribution in [-0.2, 0) is 0 Å². The van der Waals surface area contributed by atoms with Crippen molar-refractivity contribution in [2.45, 2.75) is 20.3 Å². The van der Waals surface area contributed by atoms with Crippen LogP contribution >= 0.6 is 0 Å². The van der Waals surface area contributed by atoms with Gasteiger partial charge >= 0.3 is 5.63 Å². The highest BCUT2D eigenvalue weighted by Gasteiger charge is 2.35. The highest BCUT2D eigenvalue weighted by atomic mass is 16.4. The predicted molar refractivity (Wildman–Crippen MR) is 135 cm³/mol. The first-order valence-corrected chi connectivity index (χ1v) is 11.6. The van der Waals surface area contributed by atoms with Gasteiger partial charge in [0.25, 0.3) is 17.7 Å². The van der Waals surface area contributed by atoms with Crippen LogP contribution in [0.25, 0.3) is 22.4 Å². The number of imide groups is 1. The van der Waals surface area contributed by atoms with Crippen LogP contribution in [0.4, 0.5) is 5.69 Å². The number of benzene rings is 3. The Hall–Kier alpha value is -4.59. The lowest BCUT2D eigenvalue weighted by Gasteiger charge is -2.14. The van der Waals surface area contributed by atoms with Crippen molar-refractivity contribution in [2.75, 3.05) is 11.9 Å². The standard InChI is InChI=1S/C28H23N3O5/c1-16(2)13-14-31-26(33)20-12-9-18(15-22(20)27(31)34)24(32)29-19-10-7-17(8-11-19)25-30-23-6-4-3-5-21(23)28(35)36-25/h3-12,15-16H,13-14H2,1-2H3,(H,29,32). The van der Waals surface area contributed by atoms with Crippen LogP contribution in [0.1, 0.15) is 51.3 Å². The Balaban J connectivity index is 1.32. The van der Waals surface area contributed by atoms with Crippen LogP contribution in [0.3, 0.4) is 0 Å². The van der Waals surface area contributed by atoms with Crippen molar-refractivity contribution in [3.8, 4) is 11.5 Å². The number of rotatable bonds is 6. The summed E-state index contributed by atoms with van der Waals surface area (Å²) in [5.74, 6) is -0.580. The number of hydrogen-bond acceptors (Lipinski definition) is 6. The number of hydrogen-bond donors (Lipinski definition) is 1. The van der Waals surface area contributed by atoms with Gasteiger partial charge in [0, 0.05) is 23.4 Å². The molecule has 1 aliphatic rings. The molecule has 0 aliphatic carbocycles. The van der Waals surface area contributed by atoms with E-state index >= 15 is 0 Å². The number of para-hydroxylation sites is 1. The molecule has 180 valence electrons. The van der Waals surface area contributed by atoms with Crippen molar-refractivity contribution in [3.05, 3.63) is 93.8 Å². The summed E-state index contributed by atoms with van der Waals surface area (Å²) in [4.78, 5) is 56.1. The Morgan fingerprint density at radius 2 is 1.67 bits per heavy atom. The molecule has 0 saturated carbocycles. The summed E-state index contributed by atoms with van der Waals surface area (Å²) in [7, 11) is 0. The zero-order chi connectivity index (χ0) is 25.4. The Morgan fingerprint density at radius 1 is 0.944 bits per heavy atom. The summed E-state index contributed by atoms with van der Waals surface area (Å²) < 4.78 is 5.35. The van der Waals surface area contributed by atoms with Gasteiger partial charge in [-0.1, -0.05) is 26.0 Å². The SMILES string of the molecule is CC(C)CCN1C(=O)c2ccc(C(=O)Nc3ccc(-c4nc5ccccc5c(=O)o4)cc3)cc2C1=O.